The van der Waals surface area contributed by atoms with Crippen molar-refractivity contribution in [2.75, 3.05) is 44.1 Å². The fraction of sp³-hybridized carbons (Fsp3) is 0.409. The van der Waals surface area contributed by atoms with Gasteiger partial charge in [0.15, 0.2) is 0 Å². The Labute approximate surface area is 178 Å². The number of carbonyl (C=O) groups excluding carboxylic acids is 1. The van der Waals surface area contributed by atoms with Crippen LogP contribution in [0.5, 0.6) is 5.75 Å². The summed E-state index contributed by atoms with van der Waals surface area (Å²) in [4.78, 5) is 15.0. The Kier molecular flexibility index (Phi) is 7.70. The molecule has 8 heteroatoms. The zero-order chi connectivity index (χ0) is 21.4. The van der Waals surface area contributed by atoms with Crippen LogP contribution >= 0.6 is 0 Å². The van der Waals surface area contributed by atoms with E-state index in [-0.39, 0.29) is 17.3 Å². The van der Waals surface area contributed by atoms with Crippen LogP contribution in [0.15, 0.2) is 59.5 Å². The van der Waals surface area contributed by atoms with E-state index in [1.54, 1.807) is 42.5 Å². The van der Waals surface area contributed by atoms with Crippen molar-refractivity contribution in [1.29, 1.82) is 0 Å². The molecular weight excluding hydrogens is 402 g/mol. The molecule has 0 unspecified atom stereocenters. The third kappa shape index (κ3) is 5.73. The summed E-state index contributed by atoms with van der Waals surface area (Å²) in [6.07, 6.45) is 3.32. The largest absolute Gasteiger partial charge is 0.497 e. The fourth-order valence-corrected chi connectivity index (χ4v) is 4.93. The van der Waals surface area contributed by atoms with Gasteiger partial charge in [-0.15, -0.1) is 0 Å². The van der Waals surface area contributed by atoms with E-state index in [2.05, 4.69) is 10.2 Å². The predicted octanol–water partition coefficient (Wildman–Crippen LogP) is 2.49. The molecule has 3 rings (SSSR count). The third-order valence-electron chi connectivity index (χ3n) is 5.15. The number of para-hydroxylation sites is 1. The first kappa shape index (κ1) is 22.1. The highest BCUT2D eigenvalue weighted by Gasteiger charge is 2.27. The molecule has 1 amide bonds. The van der Waals surface area contributed by atoms with Gasteiger partial charge in [0.2, 0.25) is 5.91 Å². The molecule has 1 saturated heterocycles. The molecule has 1 heterocycles. The van der Waals surface area contributed by atoms with Crippen LogP contribution in [0.2, 0.25) is 0 Å². The number of rotatable bonds is 10. The van der Waals surface area contributed by atoms with E-state index in [4.69, 9.17) is 4.74 Å². The lowest BCUT2D eigenvalue weighted by atomic mass is 10.3. The van der Waals surface area contributed by atoms with Gasteiger partial charge in [0.1, 0.15) is 12.3 Å². The molecule has 0 bridgehead atoms. The van der Waals surface area contributed by atoms with Crippen LogP contribution in [0, 0.1) is 0 Å². The van der Waals surface area contributed by atoms with Crippen molar-refractivity contribution in [2.45, 2.75) is 24.2 Å². The number of anilines is 1. The highest BCUT2D eigenvalue weighted by atomic mass is 32.2. The number of benzene rings is 2. The van der Waals surface area contributed by atoms with E-state index in [9.17, 15) is 13.2 Å². The van der Waals surface area contributed by atoms with E-state index in [1.165, 1.54) is 32.1 Å². The zero-order valence-corrected chi connectivity index (χ0v) is 18.1. The van der Waals surface area contributed by atoms with Crippen LogP contribution in [0.3, 0.4) is 0 Å². The molecule has 2 aromatic carbocycles. The Morgan fingerprint density at radius 3 is 2.37 bits per heavy atom. The number of methoxy groups -OCH3 is 1. The average Bonchev–Trinajstić information content (AvgIpc) is 3.29. The lowest BCUT2D eigenvalue weighted by molar-refractivity contribution is -0.119. The summed E-state index contributed by atoms with van der Waals surface area (Å²) >= 11 is 0. The van der Waals surface area contributed by atoms with Gasteiger partial charge in [-0.05, 0) is 75.3 Å². The molecular formula is C22H29N3O4S. The molecule has 1 N–H and O–H groups in total. The summed E-state index contributed by atoms with van der Waals surface area (Å²) in [5, 5.41) is 2.86. The van der Waals surface area contributed by atoms with Gasteiger partial charge >= 0.3 is 0 Å². The van der Waals surface area contributed by atoms with Crippen LogP contribution in [-0.2, 0) is 14.8 Å². The first-order valence-corrected chi connectivity index (χ1v) is 11.7. The number of nitrogens with one attached hydrogen (secondary N) is 1. The maximum Gasteiger partial charge on any atom is 0.264 e. The quantitative estimate of drug-likeness (QED) is 0.585. The number of sulfonamides is 1. The Morgan fingerprint density at radius 2 is 1.73 bits per heavy atom. The van der Waals surface area contributed by atoms with E-state index in [0.717, 1.165) is 30.4 Å². The van der Waals surface area contributed by atoms with Crippen LogP contribution in [0.4, 0.5) is 5.69 Å². The Bertz CT molecular complexity index is 911. The number of amides is 1. The Morgan fingerprint density at radius 1 is 1.07 bits per heavy atom. The molecule has 0 saturated carbocycles. The smallest absolute Gasteiger partial charge is 0.264 e. The van der Waals surface area contributed by atoms with Crippen LogP contribution in [-0.4, -0.2) is 59.1 Å². The van der Waals surface area contributed by atoms with Gasteiger partial charge in [-0.25, -0.2) is 8.42 Å². The second-order valence-corrected chi connectivity index (χ2v) is 9.14. The van der Waals surface area contributed by atoms with Crippen LogP contribution < -0.4 is 14.4 Å². The molecule has 1 aliphatic rings. The number of carbonyl (C=O) groups is 1. The highest BCUT2D eigenvalue weighted by Crippen LogP contribution is 2.24. The minimum absolute atomic E-state index is 0.106. The van der Waals surface area contributed by atoms with Gasteiger partial charge in [-0.1, -0.05) is 18.2 Å². The lowest BCUT2D eigenvalue weighted by Gasteiger charge is -2.24. The zero-order valence-electron chi connectivity index (χ0n) is 17.3. The first-order valence-electron chi connectivity index (χ1n) is 10.2. The first-order chi connectivity index (χ1) is 14.5. The van der Waals surface area contributed by atoms with Gasteiger partial charge in [0.25, 0.3) is 10.0 Å². The van der Waals surface area contributed by atoms with Crippen molar-refractivity contribution in [2.24, 2.45) is 0 Å². The van der Waals surface area contributed by atoms with Gasteiger partial charge in [-0.3, -0.25) is 9.10 Å². The summed E-state index contributed by atoms with van der Waals surface area (Å²) in [5.74, 6) is 0.244. The molecule has 7 nitrogen and oxygen atoms in total. The second kappa shape index (κ2) is 10.4. The van der Waals surface area contributed by atoms with Crippen molar-refractivity contribution in [1.82, 2.24) is 10.2 Å². The maximum atomic E-state index is 13.3. The fourth-order valence-electron chi connectivity index (χ4n) is 3.51. The normalized spacial score (nSPS) is 14.4. The lowest BCUT2D eigenvalue weighted by Crippen LogP contribution is -2.41. The van der Waals surface area contributed by atoms with Crippen LogP contribution in [0.25, 0.3) is 0 Å². The summed E-state index contributed by atoms with van der Waals surface area (Å²) in [5.41, 5.74) is 0.445. The van der Waals surface area contributed by atoms with Crippen LogP contribution in [0.1, 0.15) is 19.3 Å². The number of hydrogen-bond acceptors (Lipinski definition) is 5. The van der Waals surface area contributed by atoms with E-state index in [1.807, 2.05) is 0 Å². The summed E-state index contributed by atoms with van der Waals surface area (Å²) in [6.45, 7) is 3.45. The minimum Gasteiger partial charge on any atom is -0.497 e. The molecule has 30 heavy (non-hydrogen) atoms. The molecule has 1 fully saturated rings. The molecule has 162 valence electrons. The van der Waals surface area contributed by atoms with Gasteiger partial charge in [0, 0.05) is 6.54 Å². The molecule has 0 radical (unpaired) electrons. The number of likely N-dealkylation sites (tertiary alicyclic amines) is 1. The van der Waals surface area contributed by atoms with Crippen molar-refractivity contribution >= 4 is 21.6 Å². The van der Waals surface area contributed by atoms with Gasteiger partial charge in [0.05, 0.1) is 17.7 Å². The van der Waals surface area contributed by atoms with Crippen molar-refractivity contribution in [3.63, 3.8) is 0 Å². The number of nitrogens with zero attached hydrogens (tertiary/aromatic N) is 2. The monoisotopic (exact) mass is 431 g/mol. The molecule has 0 atom stereocenters. The topological polar surface area (TPSA) is 79.0 Å². The molecule has 2 aromatic rings. The highest BCUT2D eigenvalue weighted by molar-refractivity contribution is 7.92. The van der Waals surface area contributed by atoms with E-state index < -0.39 is 10.0 Å². The van der Waals surface area contributed by atoms with Gasteiger partial charge in [-0.2, -0.15) is 0 Å². The molecule has 0 aliphatic carbocycles. The summed E-state index contributed by atoms with van der Waals surface area (Å²) in [6, 6.07) is 14.8. The van der Waals surface area contributed by atoms with Crippen molar-refractivity contribution < 1.29 is 17.9 Å². The SMILES string of the molecule is COc1ccc(S(=O)(=O)N(CC(=O)NCCCN2CCCC2)c2ccccc2)cc1. The standard InChI is InChI=1S/C22H29N3O4S/c1-29-20-10-12-21(13-11-20)30(27,28)25(19-8-3-2-4-9-19)18-22(26)23-14-7-17-24-15-5-6-16-24/h2-4,8-13H,5-7,14-18H2,1H3,(H,23,26). The van der Waals surface area contributed by atoms with Gasteiger partial charge < -0.3 is 15.0 Å². The summed E-state index contributed by atoms with van der Waals surface area (Å²) < 4.78 is 32.8. The van der Waals surface area contributed by atoms with Crippen molar-refractivity contribution in [3.8, 4) is 5.75 Å². The van der Waals surface area contributed by atoms with Crippen molar-refractivity contribution in [3.05, 3.63) is 54.6 Å². The predicted molar refractivity (Wildman–Crippen MR) is 117 cm³/mol. The number of hydrogen-bond donors (Lipinski definition) is 1. The molecule has 0 aromatic heterocycles. The maximum absolute atomic E-state index is 13.3. The molecule has 0 spiro atoms. The van der Waals surface area contributed by atoms with E-state index in [0.29, 0.717) is 18.0 Å². The third-order valence-corrected chi connectivity index (χ3v) is 6.94. The number of ether oxygens (including phenoxy) is 1. The second-order valence-electron chi connectivity index (χ2n) is 7.28. The minimum atomic E-state index is -3.91. The Hall–Kier alpha value is -2.58. The molecule has 1 aliphatic heterocycles. The summed E-state index contributed by atoms with van der Waals surface area (Å²) in [7, 11) is -2.39. The van der Waals surface area contributed by atoms with E-state index >= 15 is 0 Å². The Balaban J connectivity index is 1.68. The average molecular weight is 432 g/mol.